The van der Waals surface area contributed by atoms with Crippen LogP contribution in [0.4, 0.5) is 4.39 Å². The average Bonchev–Trinajstić information content (AvgIpc) is 2.38. The Labute approximate surface area is 114 Å². The van der Waals surface area contributed by atoms with E-state index in [2.05, 4.69) is 25.7 Å². The van der Waals surface area contributed by atoms with E-state index in [1.165, 1.54) is 6.07 Å². The Morgan fingerprint density at radius 2 is 2.16 bits per heavy atom. The van der Waals surface area contributed by atoms with Gasteiger partial charge in [0.15, 0.2) is 11.6 Å². The molecule has 104 valence electrons. The second-order valence-electron chi connectivity index (χ2n) is 4.81. The first kappa shape index (κ1) is 15.5. The first-order valence-corrected chi connectivity index (χ1v) is 6.65. The smallest absolute Gasteiger partial charge is 0.165 e. The van der Waals surface area contributed by atoms with Crippen LogP contribution in [0.25, 0.3) is 0 Å². The zero-order valence-corrected chi connectivity index (χ0v) is 11.6. The summed E-state index contributed by atoms with van der Waals surface area (Å²) in [5.74, 6) is 6.18. The summed E-state index contributed by atoms with van der Waals surface area (Å²) in [6, 6.07) is 4.58. The van der Waals surface area contributed by atoms with E-state index in [4.69, 9.17) is 9.84 Å². The lowest BCUT2D eigenvalue weighted by Gasteiger charge is -2.08. The summed E-state index contributed by atoms with van der Waals surface area (Å²) < 4.78 is 19.0. The van der Waals surface area contributed by atoms with Gasteiger partial charge in [-0.25, -0.2) is 4.39 Å². The van der Waals surface area contributed by atoms with Gasteiger partial charge >= 0.3 is 0 Å². The van der Waals surface area contributed by atoms with Gasteiger partial charge in [0, 0.05) is 12.0 Å². The van der Waals surface area contributed by atoms with Gasteiger partial charge in [-0.05, 0) is 37.0 Å². The van der Waals surface area contributed by atoms with Crippen LogP contribution >= 0.6 is 0 Å². The highest BCUT2D eigenvalue weighted by Crippen LogP contribution is 2.19. The highest BCUT2D eigenvalue weighted by molar-refractivity contribution is 5.40. The number of aliphatic hydroxyl groups excluding tert-OH is 1. The molecule has 1 rings (SSSR count). The minimum absolute atomic E-state index is 0.0345. The SMILES string of the molecule is CC(C)CCCOc1cc(C#CCCO)ccc1F. The number of halogens is 1. The number of hydrogen-bond acceptors (Lipinski definition) is 2. The van der Waals surface area contributed by atoms with E-state index in [9.17, 15) is 4.39 Å². The molecule has 0 amide bonds. The number of rotatable bonds is 6. The van der Waals surface area contributed by atoms with E-state index in [1.807, 2.05) is 0 Å². The van der Waals surface area contributed by atoms with Crippen LogP contribution in [0, 0.1) is 23.6 Å². The molecule has 0 saturated carbocycles. The molecular formula is C16H21FO2. The summed E-state index contributed by atoms with van der Waals surface area (Å²) in [6.07, 6.45) is 2.40. The van der Waals surface area contributed by atoms with Crippen molar-refractivity contribution in [1.82, 2.24) is 0 Å². The van der Waals surface area contributed by atoms with Gasteiger partial charge in [0.2, 0.25) is 0 Å². The number of benzene rings is 1. The molecule has 2 nitrogen and oxygen atoms in total. The molecule has 0 aliphatic heterocycles. The maximum absolute atomic E-state index is 13.5. The number of ether oxygens (including phenoxy) is 1. The van der Waals surface area contributed by atoms with Crippen LogP contribution in [0.15, 0.2) is 18.2 Å². The van der Waals surface area contributed by atoms with Gasteiger partial charge in [-0.3, -0.25) is 0 Å². The van der Waals surface area contributed by atoms with E-state index in [1.54, 1.807) is 12.1 Å². The second-order valence-corrected chi connectivity index (χ2v) is 4.81. The predicted molar refractivity (Wildman–Crippen MR) is 74.5 cm³/mol. The van der Waals surface area contributed by atoms with E-state index in [-0.39, 0.29) is 18.2 Å². The molecule has 1 N–H and O–H groups in total. The molecule has 0 radical (unpaired) electrons. The molecule has 0 fully saturated rings. The summed E-state index contributed by atoms with van der Waals surface area (Å²) in [4.78, 5) is 0. The quantitative estimate of drug-likeness (QED) is 0.630. The van der Waals surface area contributed by atoms with Crippen molar-refractivity contribution in [3.8, 4) is 17.6 Å². The Morgan fingerprint density at radius 3 is 2.84 bits per heavy atom. The molecule has 0 heterocycles. The molecule has 0 atom stereocenters. The third kappa shape index (κ3) is 6.26. The normalized spacial score (nSPS) is 10.2. The molecule has 19 heavy (non-hydrogen) atoms. The maximum atomic E-state index is 13.5. The van der Waals surface area contributed by atoms with E-state index >= 15 is 0 Å². The lowest BCUT2D eigenvalue weighted by atomic mass is 10.1. The fraction of sp³-hybridized carbons (Fsp3) is 0.500. The molecule has 0 bridgehead atoms. The van der Waals surface area contributed by atoms with E-state index < -0.39 is 0 Å². The standard InChI is InChI=1S/C16H21FO2/c1-13(2)6-5-11-19-16-12-14(7-3-4-10-18)8-9-15(16)17/h8-9,12-13,18H,4-6,10-11H2,1-2H3. The summed E-state index contributed by atoms with van der Waals surface area (Å²) in [7, 11) is 0. The molecular weight excluding hydrogens is 243 g/mol. The van der Waals surface area contributed by atoms with Crippen LogP contribution < -0.4 is 4.74 Å². The van der Waals surface area contributed by atoms with Crippen molar-refractivity contribution >= 4 is 0 Å². The predicted octanol–water partition coefficient (Wildman–Crippen LogP) is 3.37. The van der Waals surface area contributed by atoms with Crippen LogP contribution in [-0.4, -0.2) is 18.3 Å². The minimum atomic E-state index is -0.364. The van der Waals surface area contributed by atoms with Crippen LogP contribution in [0.3, 0.4) is 0 Å². The van der Waals surface area contributed by atoms with E-state index in [0.29, 0.717) is 24.5 Å². The fourth-order valence-electron chi connectivity index (χ4n) is 1.59. The topological polar surface area (TPSA) is 29.5 Å². The monoisotopic (exact) mass is 264 g/mol. The number of aliphatic hydroxyl groups is 1. The Bertz CT molecular complexity index is 444. The van der Waals surface area contributed by atoms with Crippen molar-refractivity contribution in [2.75, 3.05) is 13.2 Å². The molecule has 0 aliphatic rings. The third-order valence-electron chi connectivity index (χ3n) is 2.58. The Kier molecular flexibility index (Phi) is 6.99. The van der Waals surface area contributed by atoms with Crippen molar-refractivity contribution in [3.05, 3.63) is 29.6 Å². The maximum Gasteiger partial charge on any atom is 0.165 e. The first-order chi connectivity index (χ1) is 9.13. The molecule has 0 spiro atoms. The minimum Gasteiger partial charge on any atom is -0.490 e. The summed E-state index contributed by atoms with van der Waals surface area (Å²) in [5.41, 5.74) is 0.703. The highest BCUT2D eigenvalue weighted by atomic mass is 19.1. The average molecular weight is 264 g/mol. The first-order valence-electron chi connectivity index (χ1n) is 6.65. The zero-order chi connectivity index (χ0) is 14.1. The van der Waals surface area contributed by atoms with Crippen LogP contribution in [-0.2, 0) is 0 Å². The van der Waals surface area contributed by atoms with Crippen LogP contribution in [0.2, 0.25) is 0 Å². The largest absolute Gasteiger partial charge is 0.490 e. The molecule has 0 saturated heterocycles. The lowest BCUT2D eigenvalue weighted by Crippen LogP contribution is -2.01. The third-order valence-corrected chi connectivity index (χ3v) is 2.58. The Balaban J connectivity index is 2.57. The fourth-order valence-corrected chi connectivity index (χ4v) is 1.59. The van der Waals surface area contributed by atoms with Gasteiger partial charge in [0.1, 0.15) is 0 Å². The molecule has 3 heteroatoms. The summed E-state index contributed by atoms with van der Waals surface area (Å²) in [5, 5.41) is 8.64. The van der Waals surface area contributed by atoms with Gasteiger partial charge in [0.05, 0.1) is 13.2 Å². The second kappa shape index (κ2) is 8.55. The molecule has 0 unspecified atom stereocenters. The molecule has 0 aromatic heterocycles. The van der Waals surface area contributed by atoms with Gasteiger partial charge < -0.3 is 9.84 Å². The molecule has 1 aromatic carbocycles. The Morgan fingerprint density at radius 1 is 1.37 bits per heavy atom. The summed E-state index contributed by atoms with van der Waals surface area (Å²) in [6.45, 7) is 4.85. The van der Waals surface area contributed by atoms with Crippen molar-refractivity contribution in [3.63, 3.8) is 0 Å². The van der Waals surface area contributed by atoms with Gasteiger partial charge in [-0.2, -0.15) is 0 Å². The van der Waals surface area contributed by atoms with Crippen molar-refractivity contribution in [2.45, 2.75) is 33.1 Å². The van der Waals surface area contributed by atoms with Crippen LogP contribution in [0.1, 0.15) is 38.7 Å². The van der Waals surface area contributed by atoms with Gasteiger partial charge in [-0.1, -0.05) is 25.7 Å². The van der Waals surface area contributed by atoms with Crippen molar-refractivity contribution < 1.29 is 14.2 Å². The zero-order valence-electron chi connectivity index (χ0n) is 11.6. The van der Waals surface area contributed by atoms with Crippen molar-refractivity contribution in [1.29, 1.82) is 0 Å². The highest BCUT2D eigenvalue weighted by Gasteiger charge is 2.04. The molecule has 0 aliphatic carbocycles. The lowest BCUT2D eigenvalue weighted by molar-refractivity contribution is 0.284. The number of hydrogen-bond donors (Lipinski definition) is 1. The summed E-state index contributed by atoms with van der Waals surface area (Å²) >= 11 is 0. The van der Waals surface area contributed by atoms with Crippen LogP contribution in [0.5, 0.6) is 5.75 Å². The van der Waals surface area contributed by atoms with Gasteiger partial charge in [-0.15, -0.1) is 0 Å². The van der Waals surface area contributed by atoms with Crippen molar-refractivity contribution in [2.24, 2.45) is 5.92 Å². The van der Waals surface area contributed by atoms with E-state index in [0.717, 1.165) is 12.8 Å². The Hall–Kier alpha value is -1.53. The molecule has 1 aromatic rings. The van der Waals surface area contributed by atoms with Gasteiger partial charge in [0.25, 0.3) is 0 Å².